The maximum absolute atomic E-state index is 12.4. The Morgan fingerprint density at radius 2 is 1.04 bits per heavy atom. The van der Waals surface area contributed by atoms with Crippen molar-refractivity contribution in [2.45, 2.75) is 80.1 Å². The predicted octanol–water partition coefficient (Wildman–Crippen LogP) is 14.4. The standard InChI is InChI=1S/C13H9BrO3S.C12H6Br2OS.C6H3Br2NO2.C6H5BrOS.C4H9O.CH3F.3CH4.K.H2O2/c1-8-2-4-12-10(6-8)17-11-7-9(14)3-5-13(11)18(12,15)16;13-7-1-3-11-9(5-7)15-10-6-8(14)2-4-12(10)16-11;7-4-1-2-5(8)6(3-4)9(10)11;7-4-1-2-5(8)6(9)3-4;1-4(2,3)5;1-2;;;;;1-2/h2-7H,1H3;1-6H;1-3H;1-3,8-9H;1-3H3;1H3;3*1H4;;1-2H/q;;;;-1;;;;;+1;/i;;;;;1D;;;;;. The molecule has 2 aliphatic heterocycles. The van der Waals surface area contributed by atoms with Gasteiger partial charge < -0.3 is 19.7 Å². The summed E-state index contributed by atoms with van der Waals surface area (Å²) in [5.74, 6) is 2.78. The number of nitro benzene ring substituents is 1. The van der Waals surface area contributed by atoms with Crippen LogP contribution in [0.5, 0.6) is 28.7 Å². The first-order valence-electron chi connectivity index (χ1n) is 17.9. The minimum atomic E-state index is -3.48. The summed E-state index contributed by atoms with van der Waals surface area (Å²) in [6.07, 6.45) is 0. The molecule has 0 fully saturated rings. The zero-order valence-corrected chi connectivity index (χ0v) is 49.3. The van der Waals surface area contributed by atoms with E-state index in [4.69, 9.17) is 26.5 Å². The number of fused-ring (bicyclic) bond motifs is 4. The molecule has 0 spiro atoms. The number of phenolic OH excluding ortho intramolecular Hbond substituents is 1. The number of nitrogens with zero attached hydrogens (tertiary/aromatic N) is 1. The minimum absolute atomic E-state index is 0. The number of ether oxygens (including phenoxy) is 2. The molecule has 3 N–H and O–H groups in total. The molecule has 6 aromatic rings. The van der Waals surface area contributed by atoms with Crippen LogP contribution in [0, 0.1) is 17.0 Å². The average Bonchev–Trinajstić information content (AvgIpc) is 3.20. The smallest absolute Gasteiger partial charge is 0.850 e. The van der Waals surface area contributed by atoms with Gasteiger partial charge >= 0.3 is 51.4 Å². The third-order valence-electron chi connectivity index (χ3n) is 7.10. The molecule has 67 heavy (non-hydrogen) atoms. The summed E-state index contributed by atoms with van der Waals surface area (Å²) in [5.41, 5.74) is 0.279. The van der Waals surface area contributed by atoms with Crippen LogP contribution in [0.4, 0.5) is 10.1 Å². The van der Waals surface area contributed by atoms with Crippen molar-refractivity contribution in [1.29, 1.82) is 0 Å². The van der Waals surface area contributed by atoms with E-state index in [1.807, 2.05) is 31.2 Å². The van der Waals surface area contributed by atoms with E-state index in [-0.39, 0.29) is 94.9 Å². The van der Waals surface area contributed by atoms with Crippen LogP contribution >= 0.6 is 120 Å². The summed E-state index contributed by atoms with van der Waals surface area (Å²) < 4.78 is 56.8. The van der Waals surface area contributed by atoms with E-state index in [0.29, 0.717) is 25.3 Å². The monoisotopic (exact) mass is 1390 g/mol. The molecule has 2 heterocycles. The minimum Gasteiger partial charge on any atom is -0.850 e. The number of sulfone groups is 1. The largest absolute Gasteiger partial charge is 1.00 e. The predicted molar refractivity (Wildman–Crippen MR) is 287 cm³/mol. The molecule has 0 saturated heterocycles. The third kappa shape index (κ3) is 23.5. The summed E-state index contributed by atoms with van der Waals surface area (Å²) in [6.45, 7) is 6.79. The van der Waals surface area contributed by atoms with E-state index in [1.165, 1.54) is 6.07 Å². The molecule has 22 heteroatoms. The second-order valence-corrected chi connectivity index (χ2v) is 22.0. The van der Waals surface area contributed by atoms with Crippen LogP contribution in [-0.4, -0.2) is 41.7 Å². The molecule has 0 aromatic heterocycles. The molecule has 0 amide bonds. The van der Waals surface area contributed by atoms with Crippen molar-refractivity contribution in [2.75, 3.05) is 7.15 Å². The maximum Gasteiger partial charge on any atom is 1.00 e. The summed E-state index contributed by atoms with van der Waals surface area (Å²) in [5, 5.41) is 41.4. The Morgan fingerprint density at radius 3 is 1.48 bits per heavy atom. The van der Waals surface area contributed by atoms with E-state index in [2.05, 4.69) is 120 Å². The van der Waals surface area contributed by atoms with Gasteiger partial charge in [0.1, 0.15) is 38.5 Å². The van der Waals surface area contributed by atoms with Gasteiger partial charge in [-0.1, -0.05) is 141 Å². The first-order chi connectivity index (χ1) is 29.9. The van der Waals surface area contributed by atoms with Crippen molar-refractivity contribution in [3.63, 3.8) is 0 Å². The van der Waals surface area contributed by atoms with Gasteiger partial charge in [0.15, 0.2) is 0 Å². The van der Waals surface area contributed by atoms with Gasteiger partial charge in [0.2, 0.25) is 9.84 Å². The van der Waals surface area contributed by atoms with Gasteiger partial charge in [-0.2, -0.15) is 0 Å². The number of benzene rings is 6. The van der Waals surface area contributed by atoms with Crippen LogP contribution in [0.3, 0.4) is 0 Å². The van der Waals surface area contributed by atoms with E-state index in [9.17, 15) is 28.0 Å². The van der Waals surface area contributed by atoms with Crippen LogP contribution < -0.4 is 66.0 Å². The van der Waals surface area contributed by atoms with Crippen LogP contribution in [0.1, 0.15) is 50.0 Å². The van der Waals surface area contributed by atoms with Gasteiger partial charge in [-0.3, -0.25) is 25.0 Å². The fraction of sp³-hybridized carbons (Fsp3) is 0.200. The van der Waals surface area contributed by atoms with Gasteiger partial charge in [0.25, 0.3) is 5.69 Å². The van der Waals surface area contributed by atoms with Crippen LogP contribution in [0.25, 0.3) is 0 Å². The Morgan fingerprint density at radius 1 is 0.687 bits per heavy atom. The summed E-state index contributed by atoms with van der Waals surface area (Å²) >= 11 is 25.4. The number of nitro groups is 1. The number of alkyl halides is 1. The van der Waals surface area contributed by atoms with Crippen molar-refractivity contribution in [3.8, 4) is 28.7 Å². The molecule has 0 atom stereocenters. The van der Waals surface area contributed by atoms with Gasteiger partial charge in [-0.25, -0.2) is 8.42 Å². The molecule has 362 valence electrons. The number of hydrogen-bond acceptors (Lipinski definition) is 12. The van der Waals surface area contributed by atoms with Crippen molar-refractivity contribution in [1.82, 2.24) is 0 Å². The molecule has 0 radical (unpaired) electrons. The molecule has 6 aromatic carbocycles. The second kappa shape index (κ2) is 33.7. The fourth-order valence-corrected chi connectivity index (χ4v) is 9.47. The van der Waals surface area contributed by atoms with Gasteiger partial charge in [-0.05, 0) is 125 Å². The SMILES string of the molecule is Brc1ccc2c(c1)Oc1cc(Br)ccc1S2.C.C.C.CC(C)(C)[O-].Cc1ccc2c(c1)Oc1cc(Br)ccc1S2(=O)=O.O=[N+]([O-])c1cc(Br)ccc1Br.OO.Oc1ccc(Br)cc1S.[2H]CF.[K+]. The first kappa shape index (κ1) is 68.2. The van der Waals surface area contributed by atoms with Crippen LogP contribution in [-0.2, 0) is 9.84 Å². The summed E-state index contributed by atoms with van der Waals surface area (Å²) in [4.78, 5) is 13.2. The number of aryl methyl sites for hydroxylation is 1. The molecule has 8 rings (SSSR count). The molecular weight excluding hydrogens is 1350 g/mol. The normalized spacial score (nSPS) is 11.3. The Balaban J connectivity index is -0.000000781. The van der Waals surface area contributed by atoms with E-state index < -0.39 is 27.5 Å². The van der Waals surface area contributed by atoms with Crippen LogP contribution in [0.2, 0.25) is 0 Å². The van der Waals surface area contributed by atoms with Gasteiger partial charge in [0, 0.05) is 33.3 Å². The van der Waals surface area contributed by atoms with Crippen LogP contribution in [0.15, 0.2) is 161 Å². The van der Waals surface area contributed by atoms with E-state index in [0.717, 1.165) is 44.7 Å². The van der Waals surface area contributed by atoms with E-state index >= 15 is 0 Å². The first-order valence-corrected chi connectivity index (χ1v) is 24.7. The molecule has 0 unspecified atom stereocenters. The summed E-state index contributed by atoms with van der Waals surface area (Å²) in [7, 11) is -4.48. The molecular formula is C45H49Br6FKNO10S3. The average molecular weight is 1400 g/mol. The van der Waals surface area contributed by atoms with Gasteiger partial charge in [0.05, 0.1) is 27.7 Å². The molecule has 0 saturated carbocycles. The molecule has 11 nitrogen and oxygen atoms in total. The van der Waals surface area contributed by atoms with Crippen molar-refractivity contribution < 1.29 is 101 Å². The number of thiol groups is 1. The Kier molecular flexibility index (Phi) is 34.3. The Bertz CT molecular complexity index is 2540. The zero-order valence-electron chi connectivity index (χ0n) is 35.2. The molecule has 0 aliphatic carbocycles. The number of aromatic hydroxyl groups is 1. The number of halogens is 7. The fourth-order valence-electron chi connectivity index (χ4n) is 4.59. The number of rotatable bonds is 1. The van der Waals surface area contributed by atoms with Crippen molar-refractivity contribution in [2.24, 2.45) is 0 Å². The van der Waals surface area contributed by atoms with E-state index in [1.54, 1.807) is 99.3 Å². The Hall–Kier alpha value is -0.904. The third-order valence-corrected chi connectivity index (χ3v) is 13.5. The topological polar surface area (TPSA) is 179 Å². The Labute approximate surface area is 497 Å². The number of hydrogen-bond donors (Lipinski definition) is 4. The van der Waals surface area contributed by atoms with Crippen molar-refractivity contribution >= 4 is 135 Å². The zero-order chi connectivity index (χ0) is 48.5. The molecule has 2 aliphatic rings. The molecule has 0 bridgehead atoms. The number of phenols is 1. The summed E-state index contributed by atoms with van der Waals surface area (Å²) in [6, 6.07) is 32.1. The van der Waals surface area contributed by atoms with Crippen molar-refractivity contribution in [3.05, 3.63) is 152 Å². The maximum atomic E-state index is 12.4. The quantitative estimate of drug-likeness (QED) is 0.0404. The van der Waals surface area contributed by atoms with Gasteiger partial charge in [-0.15, -0.1) is 18.2 Å². The second-order valence-electron chi connectivity index (χ2n) is 13.1.